The Morgan fingerprint density at radius 1 is 1.06 bits per heavy atom. The van der Waals surface area contributed by atoms with Gasteiger partial charge in [-0.3, -0.25) is 0 Å². The Balaban J connectivity index is -0.000000216. The Kier molecular flexibility index (Phi) is 18.7. The van der Waals surface area contributed by atoms with E-state index in [4.69, 9.17) is 0 Å². The van der Waals surface area contributed by atoms with E-state index in [-0.39, 0.29) is 51.0 Å². The minimum Gasteiger partial charge on any atom is -1.00 e. The molecular formula is C14H18Cl2Zr. The molecule has 0 fully saturated rings. The summed E-state index contributed by atoms with van der Waals surface area (Å²) >= 11 is 0. The van der Waals surface area contributed by atoms with Gasteiger partial charge in [-0.25, -0.2) is 24.3 Å². The molecule has 0 aliphatic carbocycles. The normalized spacial score (nSPS) is 7.65. The molecule has 0 saturated heterocycles. The van der Waals surface area contributed by atoms with Crippen molar-refractivity contribution >= 4 is 0 Å². The van der Waals surface area contributed by atoms with Crippen molar-refractivity contribution in [2.45, 2.75) is 26.7 Å². The van der Waals surface area contributed by atoms with Crippen molar-refractivity contribution in [1.82, 2.24) is 0 Å². The first-order chi connectivity index (χ1) is 6.88. The molecule has 0 aromatic heterocycles. The summed E-state index contributed by atoms with van der Waals surface area (Å²) in [7, 11) is 0. The monoisotopic (exact) mass is 346 g/mol. The van der Waals surface area contributed by atoms with Gasteiger partial charge in [-0.1, -0.05) is 26.7 Å². The van der Waals surface area contributed by atoms with Crippen LogP contribution in [0.3, 0.4) is 0 Å². The van der Waals surface area contributed by atoms with E-state index >= 15 is 0 Å². The molecule has 17 heavy (non-hydrogen) atoms. The van der Waals surface area contributed by atoms with Crippen LogP contribution < -0.4 is 24.8 Å². The topological polar surface area (TPSA) is 0 Å². The molecule has 0 heterocycles. The average Bonchev–Trinajstić information content (AvgIpc) is 2.91. The molecule has 0 unspecified atom stereocenters. The van der Waals surface area contributed by atoms with E-state index in [1.807, 2.05) is 30.3 Å². The molecule has 0 bridgehead atoms. The van der Waals surface area contributed by atoms with Gasteiger partial charge < -0.3 is 24.8 Å². The van der Waals surface area contributed by atoms with Crippen LogP contribution in [0.15, 0.2) is 48.5 Å². The van der Waals surface area contributed by atoms with Crippen LogP contribution in [0.25, 0.3) is 0 Å². The molecule has 0 N–H and O–H groups in total. The summed E-state index contributed by atoms with van der Waals surface area (Å²) in [6, 6.07) is 16.6. The molecule has 0 saturated carbocycles. The van der Waals surface area contributed by atoms with Crippen molar-refractivity contribution in [2.24, 2.45) is 0 Å². The number of aryl methyl sites for hydroxylation is 2. The fraction of sp³-hybridized carbons (Fsp3) is 0.286. The van der Waals surface area contributed by atoms with Crippen LogP contribution in [0.5, 0.6) is 0 Å². The summed E-state index contributed by atoms with van der Waals surface area (Å²) in [4.78, 5) is 0. The minimum atomic E-state index is 0. The van der Waals surface area contributed by atoms with Gasteiger partial charge in [0.15, 0.2) is 0 Å². The number of hydrogen-bond acceptors (Lipinski definition) is 0. The Bertz CT molecular complexity index is 290. The Hall–Kier alpha value is 0.163. The number of hydrogen-bond donors (Lipinski definition) is 0. The summed E-state index contributed by atoms with van der Waals surface area (Å²) in [5, 5.41) is 0. The van der Waals surface area contributed by atoms with Gasteiger partial charge >= 0.3 is 26.2 Å². The number of halogens is 2. The maximum absolute atomic E-state index is 2.21. The molecule has 0 atom stereocenters. The Morgan fingerprint density at radius 2 is 1.65 bits per heavy atom. The number of rotatable bonds is 2. The van der Waals surface area contributed by atoms with Gasteiger partial charge in [0.25, 0.3) is 0 Å². The van der Waals surface area contributed by atoms with Gasteiger partial charge in [-0.15, -0.1) is 0 Å². The zero-order chi connectivity index (χ0) is 10.2. The van der Waals surface area contributed by atoms with E-state index in [9.17, 15) is 0 Å². The second-order valence-electron chi connectivity index (χ2n) is 3.25. The van der Waals surface area contributed by atoms with E-state index in [1.165, 1.54) is 24.0 Å². The zero-order valence-electron chi connectivity index (χ0n) is 10.3. The van der Waals surface area contributed by atoms with Crippen molar-refractivity contribution in [1.29, 1.82) is 0 Å². The third-order valence-corrected chi connectivity index (χ3v) is 2.32. The van der Waals surface area contributed by atoms with Crippen molar-refractivity contribution in [2.75, 3.05) is 0 Å². The quantitative estimate of drug-likeness (QED) is 0.548. The smallest absolute Gasteiger partial charge is 1.00 e. The first-order valence-electron chi connectivity index (χ1n) is 5.28. The predicted molar refractivity (Wildman–Crippen MR) is 62.8 cm³/mol. The van der Waals surface area contributed by atoms with Crippen LogP contribution in [0.2, 0.25) is 0 Å². The maximum atomic E-state index is 2.21. The van der Waals surface area contributed by atoms with E-state index in [1.54, 1.807) is 0 Å². The first kappa shape index (κ1) is 22.4. The minimum absolute atomic E-state index is 0. The molecule has 2 aromatic rings. The van der Waals surface area contributed by atoms with Crippen LogP contribution in [0.4, 0.5) is 0 Å². The molecule has 0 amide bonds. The van der Waals surface area contributed by atoms with E-state index in [2.05, 4.69) is 32.0 Å². The molecule has 0 aliphatic rings. The van der Waals surface area contributed by atoms with Crippen molar-refractivity contribution in [3.8, 4) is 0 Å². The predicted octanol–water partition coefficient (Wildman–Crippen LogP) is -2.06. The maximum Gasteiger partial charge on any atom is 4.00 e. The van der Waals surface area contributed by atoms with Crippen LogP contribution in [0, 0.1) is 0 Å². The first-order valence-corrected chi connectivity index (χ1v) is 5.28. The molecule has 0 nitrogen and oxygen atoms in total. The SMILES string of the molecule is CCc1ccc[c-]1CC.[Cl-].[Cl-].[Zr+4].c1cc[cH-]c1. The van der Waals surface area contributed by atoms with Crippen molar-refractivity contribution in [3.05, 3.63) is 59.7 Å². The van der Waals surface area contributed by atoms with Crippen LogP contribution in [-0.2, 0) is 39.0 Å². The van der Waals surface area contributed by atoms with Crippen LogP contribution in [0.1, 0.15) is 25.0 Å². The van der Waals surface area contributed by atoms with Gasteiger partial charge in [-0.05, 0) is 0 Å². The largest absolute Gasteiger partial charge is 4.00 e. The summed E-state index contributed by atoms with van der Waals surface area (Å²) in [5.74, 6) is 0. The second-order valence-corrected chi connectivity index (χ2v) is 3.25. The van der Waals surface area contributed by atoms with Crippen molar-refractivity contribution < 1.29 is 51.0 Å². The molecular weight excluding hydrogens is 330 g/mol. The summed E-state index contributed by atoms with van der Waals surface area (Å²) in [6.07, 6.45) is 2.35. The third-order valence-electron chi connectivity index (χ3n) is 2.32. The molecule has 92 valence electrons. The summed E-state index contributed by atoms with van der Waals surface area (Å²) in [6.45, 7) is 4.41. The second kappa shape index (κ2) is 14.2. The van der Waals surface area contributed by atoms with E-state index in [0.29, 0.717) is 0 Å². The van der Waals surface area contributed by atoms with E-state index in [0.717, 1.165) is 0 Å². The van der Waals surface area contributed by atoms with Gasteiger partial charge in [0.05, 0.1) is 0 Å². The molecule has 0 spiro atoms. The Morgan fingerprint density at radius 3 is 1.94 bits per heavy atom. The molecule has 0 radical (unpaired) electrons. The molecule has 2 rings (SSSR count). The van der Waals surface area contributed by atoms with Gasteiger partial charge in [0.1, 0.15) is 0 Å². The standard InChI is InChI=1S/C9H13.C5H5.2ClH.Zr/c1-3-8-6-5-7-9(8)4-2;1-2-4-5-3-1;;;/h5-7H,3-4H2,1-2H3;1-5H;2*1H;/q2*-1;;;+4/p-2. The fourth-order valence-corrected chi connectivity index (χ4v) is 1.51. The van der Waals surface area contributed by atoms with Gasteiger partial charge in [0.2, 0.25) is 0 Å². The fourth-order valence-electron chi connectivity index (χ4n) is 1.51. The van der Waals surface area contributed by atoms with Gasteiger partial charge in [0, 0.05) is 0 Å². The molecule has 2 aromatic carbocycles. The average molecular weight is 348 g/mol. The molecule has 3 heteroatoms. The summed E-state index contributed by atoms with van der Waals surface area (Å²) < 4.78 is 0. The zero-order valence-corrected chi connectivity index (χ0v) is 14.3. The summed E-state index contributed by atoms with van der Waals surface area (Å²) in [5.41, 5.74) is 3.02. The van der Waals surface area contributed by atoms with E-state index < -0.39 is 0 Å². The van der Waals surface area contributed by atoms with Gasteiger partial charge in [-0.2, -0.15) is 35.4 Å². The molecule has 0 aliphatic heterocycles. The Labute approximate surface area is 136 Å². The van der Waals surface area contributed by atoms with Crippen molar-refractivity contribution in [3.63, 3.8) is 0 Å². The van der Waals surface area contributed by atoms with Crippen LogP contribution in [-0.4, -0.2) is 0 Å². The third kappa shape index (κ3) is 8.83. The van der Waals surface area contributed by atoms with Crippen LogP contribution >= 0.6 is 0 Å².